The molecule has 1 aliphatic carbocycles. The summed E-state index contributed by atoms with van der Waals surface area (Å²) in [6.07, 6.45) is 15.7. The minimum Gasteiger partial charge on any atom is -0.362 e. The molecule has 1 saturated heterocycles. The summed E-state index contributed by atoms with van der Waals surface area (Å²) in [6, 6.07) is 0. The lowest BCUT2D eigenvalue weighted by molar-refractivity contribution is 0.329. The molecule has 1 radical (unpaired) electrons. The lowest BCUT2D eigenvalue weighted by Gasteiger charge is -2.11. The topological polar surface area (TPSA) is 12.5 Å². The molecule has 11 heavy (non-hydrogen) atoms. The van der Waals surface area contributed by atoms with Crippen LogP contribution in [-0.4, -0.2) is 11.7 Å². The van der Waals surface area contributed by atoms with Crippen LogP contribution in [0.1, 0.15) is 25.7 Å². The summed E-state index contributed by atoms with van der Waals surface area (Å²) in [5, 5.41) is 0. The van der Waals surface area contributed by atoms with E-state index in [4.69, 9.17) is 11.2 Å². The highest BCUT2D eigenvalue weighted by Crippen LogP contribution is 2.48. The van der Waals surface area contributed by atoms with Crippen molar-refractivity contribution in [2.24, 2.45) is 0 Å². The van der Waals surface area contributed by atoms with Crippen molar-refractivity contribution in [1.29, 1.82) is 0 Å². The van der Waals surface area contributed by atoms with Gasteiger partial charge in [-0.1, -0.05) is 18.8 Å². The number of ether oxygens (including phenoxy) is 1. The molecule has 1 aliphatic heterocycles. The maximum atomic E-state index is 6.73. The summed E-state index contributed by atoms with van der Waals surface area (Å²) < 4.78 is 5.56. The van der Waals surface area contributed by atoms with E-state index < -0.39 is 0 Å². The highest BCUT2D eigenvalue weighted by molar-refractivity contribution is 5.22. The van der Waals surface area contributed by atoms with Crippen LogP contribution >= 0.6 is 0 Å². The average molecular weight is 147 g/mol. The number of hydrogen-bond donors (Lipinski definition) is 0. The van der Waals surface area contributed by atoms with Crippen LogP contribution in [0.3, 0.4) is 0 Å². The van der Waals surface area contributed by atoms with Gasteiger partial charge in [-0.25, -0.2) is 0 Å². The third-order valence-corrected chi connectivity index (χ3v) is 2.58. The lowest BCUT2D eigenvalue weighted by Crippen LogP contribution is -2.15. The van der Waals surface area contributed by atoms with Gasteiger partial charge in [-0.2, -0.15) is 0 Å². The zero-order chi connectivity index (χ0) is 7.73. The van der Waals surface area contributed by atoms with Crippen LogP contribution in [0.25, 0.3) is 0 Å². The van der Waals surface area contributed by atoms with E-state index in [2.05, 4.69) is 5.92 Å². The smallest absolute Gasteiger partial charge is 0.114 e. The molecule has 2 atom stereocenters. The third-order valence-electron chi connectivity index (χ3n) is 2.58. The Kier molecular flexibility index (Phi) is 1.51. The molecule has 2 unspecified atom stereocenters. The fourth-order valence-corrected chi connectivity index (χ4v) is 1.90. The Labute approximate surface area is 67.4 Å². The minimum atomic E-state index is 0.0340. The quantitative estimate of drug-likeness (QED) is 0.407. The van der Waals surface area contributed by atoms with Gasteiger partial charge in [-0.05, 0) is 31.4 Å². The fourth-order valence-electron chi connectivity index (χ4n) is 1.90. The Bertz CT molecular complexity index is 224. The molecule has 1 saturated carbocycles. The van der Waals surface area contributed by atoms with Gasteiger partial charge in [0.15, 0.2) is 0 Å². The summed E-state index contributed by atoms with van der Waals surface area (Å²) >= 11 is 0. The Hall–Kier alpha value is -0.740. The second kappa shape index (κ2) is 2.39. The first-order valence-electron chi connectivity index (χ1n) is 4.15. The molecule has 0 aromatic heterocycles. The molecule has 0 aromatic rings. The van der Waals surface area contributed by atoms with Crippen molar-refractivity contribution in [1.82, 2.24) is 0 Å². The van der Waals surface area contributed by atoms with Crippen molar-refractivity contribution in [3.05, 3.63) is 18.6 Å². The molecule has 0 amide bonds. The normalized spacial score (nSPS) is 41.5. The summed E-state index contributed by atoms with van der Waals surface area (Å²) in [7, 11) is 0. The Morgan fingerprint density at radius 3 is 3.18 bits per heavy atom. The predicted molar refractivity (Wildman–Crippen MR) is 42.3 cm³/mol. The van der Waals surface area contributed by atoms with Crippen molar-refractivity contribution < 1.29 is 4.74 Å². The second-order valence-electron chi connectivity index (χ2n) is 3.28. The molecular formula is C10H11O. The van der Waals surface area contributed by atoms with Crippen LogP contribution in [-0.2, 0) is 4.74 Å². The zero-order valence-electron chi connectivity index (χ0n) is 6.47. The first-order valence-corrected chi connectivity index (χ1v) is 4.15. The Balaban J connectivity index is 2.03. The van der Waals surface area contributed by atoms with Gasteiger partial charge in [0.05, 0.1) is 6.10 Å². The van der Waals surface area contributed by atoms with E-state index in [-0.39, 0.29) is 5.60 Å². The number of epoxide rings is 1. The maximum absolute atomic E-state index is 6.73. The molecule has 0 spiro atoms. The van der Waals surface area contributed by atoms with Crippen LogP contribution < -0.4 is 0 Å². The molecule has 2 fully saturated rings. The predicted octanol–water partition coefficient (Wildman–Crippen LogP) is 1.84. The van der Waals surface area contributed by atoms with Gasteiger partial charge in [-0.3, -0.25) is 0 Å². The minimum absolute atomic E-state index is 0.0340. The van der Waals surface area contributed by atoms with Crippen molar-refractivity contribution in [2.45, 2.75) is 37.4 Å². The average Bonchev–Trinajstić information content (AvgIpc) is 2.75. The molecule has 0 bridgehead atoms. The van der Waals surface area contributed by atoms with Gasteiger partial charge >= 0.3 is 0 Å². The van der Waals surface area contributed by atoms with Gasteiger partial charge in [0.1, 0.15) is 5.60 Å². The molecule has 1 heterocycles. The summed E-state index contributed by atoms with van der Waals surface area (Å²) in [5.74, 6) is 2.26. The monoisotopic (exact) mass is 147 g/mol. The molecule has 57 valence electrons. The summed E-state index contributed by atoms with van der Waals surface area (Å²) in [6.45, 7) is 0. The van der Waals surface area contributed by atoms with Crippen LogP contribution in [0.2, 0.25) is 0 Å². The van der Waals surface area contributed by atoms with Crippen molar-refractivity contribution in [3.8, 4) is 5.92 Å². The maximum Gasteiger partial charge on any atom is 0.114 e. The van der Waals surface area contributed by atoms with Crippen LogP contribution in [0, 0.1) is 12.3 Å². The summed E-state index contributed by atoms with van der Waals surface area (Å²) in [5.41, 5.74) is 0.0340. The van der Waals surface area contributed by atoms with Crippen LogP contribution in [0.15, 0.2) is 12.2 Å². The van der Waals surface area contributed by atoms with Gasteiger partial charge < -0.3 is 4.74 Å². The first-order chi connectivity index (χ1) is 5.37. The number of allylic oxidation sites excluding steroid dienone is 1. The van der Waals surface area contributed by atoms with E-state index in [1.807, 2.05) is 6.08 Å². The Morgan fingerprint density at radius 1 is 1.55 bits per heavy atom. The van der Waals surface area contributed by atoms with E-state index in [0.717, 1.165) is 6.42 Å². The van der Waals surface area contributed by atoms with E-state index >= 15 is 0 Å². The molecule has 2 rings (SSSR count). The van der Waals surface area contributed by atoms with Gasteiger partial charge in [0.25, 0.3) is 0 Å². The Morgan fingerprint density at radius 2 is 2.45 bits per heavy atom. The molecule has 0 aromatic carbocycles. The molecule has 1 nitrogen and oxygen atoms in total. The van der Waals surface area contributed by atoms with Crippen molar-refractivity contribution >= 4 is 0 Å². The second-order valence-corrected chi connectivity index (χ2v) is 3.28. The van der Waals surface area contributed by atoms with Gasteiger partial charge in [-0.15, -0.1) is 0 Å². The highest BCUT2D eigenvalue weighted by Gasteiger charge is 2.54. The molecule has 0 N–H and O–H groups in total. The summed E-state index contributed by atoms with van der Waals surface area (Å²) in [4.78, 5) is 0. The number of rotatable bonds is 1. The van der Waals surface area contributed by atoms with Crippen LogP contribution in [0.5, 0.6) is 0 Å². The van der Waals surface area contributed by atoms with E-state index in [0.29, 0.717) is 6.10 Å². The van der Waals surface area contributed by atoms with Crippen molar-refractivity contribution in [3.63, 3.8) is 0 Å². The first kappa shape index (κ1) is 6.94. The number of hydrogen-bond acceptors (Lipinski definition) is 1. The van der Waals surface area contributed by atoms with Gasteiger partial charge in [0, 0.05) is 0 Å². The van der Waals surface area contributed by atoms with E-state index in [1.54, 1.807) is 6.08 Å². The van der Waals surface area contributed by atoms with E-state index in [9.17, 15) is 0 Å². The molecule has 1 heteroatoms. The lowest BCUT2D eigenvalue weighted by atomic mass is 9.89. The highest BCUT2D eigenvalue weighted by atomic mass is 16.6. The molecular weight excluding hydrogens is 136 g/mol. The standard InChI is InChI=1S/C10H11O/c1-2-3-7-10-8-5-4-6-9(10)11-10/h3,7,9H,4-6,8H2/b7-3+. The third kappa shape index (κ3) is 1.08. The zero-order valence-corrected chi connectivity index (χ0v) is 6.47. The molecule has 2 aliphatic rings. The fraction of sp³-hybridized carbons (Fsp3) is 0.600. The SMILES string of the molecule is [C]#C/C=C/C12CCCCC1O2. The van der Waals surface area contributed by atoms with Crippen molar-refractivity contribution in [2.75, 3.05) is 0 Å². The number of fused-ring (bicyclic) bond motifs is 1. The van der Waals surface area contributed by atoms with Crippen LogP contribution in [0.4, 0.5) is 0 Å². The van der Waals surface area contributed by atoms with Gasteiger partial charge in [0.2, 0.25) is 0 Å². The van der Waals surface area contributed by atoms with E-state index in [1.165, 1.54) is 19.3 Å². The largest absolute Gasteiger partial charge is 0.362 e.